The summed E-state index contributed by atoms with van der Waals surface area (Å²) < 4.78 is 0. The van der Waals surface area contributed by atoms with Gasteiger partial charge in [-0.3, -0.25) is 19.4 Å². The van der Waals surface area contributed by atoms with E-state index in [4.69, 9.17) is 11.6 Å². The molecule has 0 atom stereocenters. The monoisotopic (exact) mass is 425 g/mol. The van der Waals surface area contributed by atoms with Crippen molar-refractivity contribution < 1.29 is 14.7 Å². The van der Waals surface area contributed by atoms with Gasteiger partial charge in [0.15, 0.2) is 0 Å². The maximum absolute atomic E-state index is 13.4. The highest BCUT2D eigenvalue weighted by Crippen LogP contribution is 2.33. The molecule has 0 spiro atoms. The van der Waals surface area contributed by atoms with Crippen molar-refractivity contribution >= 4 is 29.0 Å². The number of benzene rings is 2. The summed E-state index contributed by atoms with van der Waals surface area (Å²) in [7, 11) is 0. The van der Waals surface area contributed by atoms with Crippen LogP contribution in [0.25, 0.3) is 5.57 Å². The van der Waals surface area contributed by atoms with Crippen molar-refractivity contribution in [2.45, 2.75) is 6.54 Å². The summed E-state index contributed by atoms with van der Waals surface area (Å²) in [6, 6.07) is 16.6. The number of hydrogen-bond donors (Lipinski definition) is 1. The van der Waals surface area contributed by atoms with E-state index in [2.05, 4.69) is 4.90 Å². The second-order valence-electron chi connectivity index (χ2n) is 7.43. The van der Waals surface area contributed by atoms with Crippen LogP contribution in [0.4, 0.5) is 0 Å². The number of piperazine rings is 1. The highest BCUT2D eigenvalue weighted by molar-refractivity contribution is 6.35. The van der Waals surface area contributed by atoms with Gasteiger partial charge in [-0.1, -0.05) is 60.1 Å². The Morgan fingerprint density at radius 1 is 0.867 bits per heavy atom. The first-order chi connectivity index (χ1) is 14.6. The van der Waals surface area contributed by atoms with Gasteiger partial charge in [-0.2, -0.15) is 0 Å². The molecule has 0 aliphatic carbocycles. The summed E-state index contributed by atoms with van der Waals surface area (Å²) in [4.78, 5) is 32.3. The highest BCUT2D eigenvalue weighted by Gasteiger charge is 2.42. The molecule has 4 rings (SSSR count). The summed E-state index contributed by atoms with van der Waals surface area (Å²) in [6.45, 7) is 3.60. The molecule has 6 nitrogen and oxygen atoms in total. The Labute approximate surface area is 181 Å². The topological polar surface area (TPSA) is 64.1 Å². The minimum absolute atomic E-state index is 0.112. The average Bonchev–Trinajstić information content (AvgIpc) is 3.01. The first-order valence-electron chi connectivity index (χ1n) is 10.1. The van der Waals surface area contributed by atoms with Crippen molar-refractivity contribution in [1.29, 1.82) is 0 Å². The van der Waals surface area contributed by atoms with Gasteiger partial charge in [-0.25, -0.2) is 0 Å². The van der Waals surface area contributed by atoms with E-state index in [9.17, 15) is 14.7 Å². The molecule has 2 aromatic carbocycles. The van der Waals surface area contributed by atoms with Gasteiger partial charge in [-0.15, -0.1) is 0 Å². The molecule has 0 saturated carbocycles. The summed E-state index contributed by atoms with van der Waals surface area (Å²) in [5.41, 5.74) is 2.39. The Hall–Kier alpha value is -2.67. The third kappa shape index (κ3) is 3.99. The predicted molar refractivity (Wildman–Crippen MR) is 115 cm³/mol. The number of aliphatic hydroxyl groups is 1. The van der Waals surface area contributed by atoms with E-state index < -0.39 is 0 Å². The molecule has 2 heterocycles. The fourth-order valence-corrected chi connectivity index (χ4v) is 4.19. The number of nitrogens with zero attached hydrogens (tertiary/aromatic N) is 3. The van der Waals surface area contributed by atoms with Crippen molar-refractivity contribution in [2.75, 3.05) is 39.3 Å². The van der Waals surface area contributed by atoms with Crippen molar-refractivity contribution in [2.24, 2.45) is 0 Å². The minimum atomic E-state index is -0.293. The molecule has 0 bridgehead atoms. The number of carbonyl (C=O) groups is 2. The molecule has 2 aromatic rings. The van der Waals surface area contributed by atoms with Gasteiger partial charge in [0.2, 0.25) is 0 Å². The number of rotatable bonds is 6. The van der Waals surface area contributed by atoms with E-state index in [1.807, 2.05) is 53.4 Å². The van der Waals surface area contributed by atoms with Crippen LogP contribution in [0.15, 0.2) is 60.3 Å². The standard InChI is InChI=1S/C23H24ClN3O3/c24-19-9-5-4-8-18(19)16-27-22(29)20(17-6-2-1-3-7-17)21(23(27)30)26-12-10-25(11-13-26)14-15-28/h1-9,28H,10-16H2. The molecule has 0 aromatic heterocycles. The lowest BCUT2D eigenvalue weighted by atomic mass is 10.0. The Bertz CT molecular complexity index is 969. The van der Waals surface area contributed by atoms with Crippen LogP contribution < -0.4 is 0 Å². The number of carbonyl (C=O) groups excluding carboxylic acids is 2. The Morgan fingerprint density at radius 2 is 1.53 bits per heavy atom. The molecule has 156 valence electrons. The van der Waals surface area contributed by atoms with Crippen molar-refractivity contribution in [3.8, 4) is 0 Å². The molecule has 0 unspecified atom stereocenters. The largest absolute Gasteiger partial charge is 0.395 e. The second kappa shape index (κ2) is 9.00. The lowest BCUT2D eigenvalue weighted by Crippen LogP contribution is -2.48. The lowest BCUT2D eigenvalue weighted by Gasteiger charge is -2.36. The molecule has 1 saturated heterocycles. The molecule has 1 N–H and O–H groups in total. The van der Waals surface area contributed by atoms with Crippen LogP contribution in [0.5, 0.6) is 0 Å². The number of hydrogen-bond acceptors (Lipinski definition) is 5. The van der Waals surface area contributed by atoms with Crippen LogP contribution in [-0.4, -0.2) is 71.0 Å². The molecular weight excluding hydrogens is 402 g/mol. The van der Waals surface area contributed by atoms with Crippen LogP contribution >= 0.6 is 11.6 Å². The van der Waals surface area contributed by atoms with Crippen LogP contribution in [-0.2, 0) is 16.1 Å². The van der Waals surface area contributed by atoms with Gasteiger partial charge in [0.25, 0.3) is 11.8 Å². The average molecular weight is 426 g/mol. The molecule has 2 aliphatic heterocycles. The van der Waals surface area contributed by atoms with Gasteiger partial charge in [0, 0.05) is 37.7 Å². The number of β-amino-alcohol motifs (C(OH)–C–C–N with tert-alkyl or cyclic N) is 1. The van der Waals surface area contributed by atoms with E-state index in [-0.39, 0.29) is 25.0 Å². The van der Waals surface area contributed by atoms with Crippen LogP contribution in [0.1, 0.15) is 11.1 Å². The second-order valence-corrected chi connectivity index (χ2v) is 7.84. The first kappa shape index (κ1) is 20.6. The van der Waals surface area contributed by atoms with Gasteiger partial charge in [-0.05, 0) is 17.2 Å². The Kier molecular flexibility index (Phi) is 6.18. The summed E-state index contributed by atoms with van der Waals surface area (Å²) in [5.74, 6) is -0.576. The lowest BCUT2D eigenvalue weighted by molar-refractivity contribution is -0.138. The zero-order valence-electron chi connectivity index (χ0n) is 16.6. The van der Waals surface area contributed by atoms with Gasteiger partial charge in [0.05, 0.1) is 18.7 Å². The number of amides is 2. The number of imide groups is 1. The summed E-state index contributed by atoms with van der Waals surface area (Å²) in [5, 5.41) is 9.71. The minimum Gasteiger partial charge on any atom is -0.395 e. The molecule has 2 amide bonds. The fourth-order valence-electron chi connectivity index (χ4n) is 4.00. The van der Waals surface area contributed by atoms with E-state index in [1.54, 1.807) is 6.07 Å². The SMILES string of the molecule is O=C1C(c2ccccc2)=C(N2CCN(CCO)CC2)C(=O)N1Cc1ccccc1Cl. The smallest absolute Gasteiger partial charge is 0.278 e. The first-order valence-corrected chi connectivity index (χ1v) is 10.5. The zero-order chi connectivity index (χ0) is 21.1. The van der Waals surface area contributed by atoms with Crippen molar-refractivity contribution in [3.63, 3.8) is 0 Å². The third-order valence-corrected chi connectivity index (χ3v) is 5.97. The Balaban J connectivity index is 1.66. The van der Waals surface area contributed by atoms with Crippen molar-refractivity contribution in [1.82, 2.24) is 14.7 Å². The highest BCUT2D eigenvalue weighted by atomic mass is 35.5. The predicted octanol–water partition coefficient (Wildman–Crippen LogP) is 2.23. The van der Waals surface area contributed by atoms with Gasteiger partial charge < -0.3 is 10.0 Å². The van der Waals surface area contributed by atoms with E-state index in [1.165, 1.54) is 4.90 Å². The van der Waals surface area contributed by atoms with E-state index in [0.717, 1.165) is 24.2 Å². The van der Waals surface area contributed by atoms with Crippen LogP contribution in [0, 0.1) is 0 Å². The maximum Gasteiger partial charge on any atom is 0.278 e. The van der Waals surface area contributed by atoms with Gasteiger partial charge in [0.1, 0.15) is 5.70 Å². The summed E-state index contributed by atoms with van der Waals surface area (Å²) >= 11 is 6.28. The molecule has 1 fully saturated rings. The maximum atomic E-state index is 13.4. The van der Waals surface area contributed by atoms with Crippen molar-refractivity contribution in [3.05, 3.63) is 76.4 Å². The third-order valence-electron chi connectivity index (χ3n) is 5.60. The molecule has 2 aliphatic rings. The summed E-state index contributed by atoms with van der Waals surface area (Å²) in [6.07, 6.45) is 0. The van der Waals surface area contributed by atoms with Crippen LogP contribution in [0.3, 0.4) is 0 Å². The van der Waals surface area contributed by atoms with E-state index in [0.29, 0.717) is 35.9 Å². The fraction of sp³-hybridized carbons (Fsp3) is 0.304. The normalized spacial score (nSPS) is 17.9. The Morgan fingerprint density at radius 3 is 2.20 bits per heavy atom. The zero-order valence-corrected chi connectivity index (χ0v) is 17.4. The molecule has 7 heteroatoms. The van der Waals surface area contributed by atoms with Gasteiger partial charge >= 0.3 is 0 Å². The quantitative estimate of drug-likeness (QED) is 0.719. The molecule has 30 heavy (non-hydrogen) atoms. The van der Waals surface area contributed by atoms with E-state index >= 15 is 0 Å². The molecular formula is C23H24ClN3O3. The molecule has 0 radical (unpaired) electrons. The number of aliphatic hydroxyl groups excluding tert-OH is 1. The van der Waals surface area contributed by atoms with Crippen LogP contribution in [0.2, 0.25) is 5.02 Å². The number of halogens is 1.